The number of aromatic nitrogens is 1. The lowest BCUT2D eigenvalue weighted by molar-refractivity contribution is 0.0525. The van der Waals surface area contributed by atoms with Crippen molar-refractivity contribution < 1.29 is 9.53 Å². The van der Waals surface area contributed by atoms with Gasteiger partial charge in [-0.3, -0.25) is 0 Å². The lowest BCUT2D eigenvalue weighted by Gasteiger charge is -2.12. The van der Waals surface area contributed by atoms with E-state index in [0.29, 0.717) is 12.2 Å². The molecule has 3 nitrogen and oxygen atoms in total. The Morgan fingerprint density at radius 3 is 2.29 bits per heavy atom. The highest BCUT2D eigenvalue weighted by Crippen LogP contribution is 2.30. The van der Waals surface area contributed by atoms with Crippen molar-refractivity contribution in [3.63, 3.8) is 0 Å². The van der Waals surface area contributed by atoms with Gasteiger partial charge in [-0.25, -0.2) is 4.79 Å². The Labute approximate surface area is 142 Å². The lowest BCUT2D eigenvalue weighted by Crippen LogP contribution is -2.06. The smallest absolute Gasteiger partial charge is 0.339 e. The summed E-state index contributed by atoms with van der Waals surface area (Å²) in [7, 11) is 0. The standard InChI is InChI=1S/C21H21NO2/c1-4-24-21(23)19-14-20(17-12-10-15(2)11-13-17)22(16(19)3)18-8-6-5-7-9-18/h5-14H,4H2,1-3H3. The first-order valence-electron chi connectivity index (χ1n) is 8.13. The molecule has 2 aromatic carbocycles. The zero-order valence-electron chi connectivity index (χ0n) is 14.2. The molecule has 0 aliphatic carbocycles. The van der Waals surface area contributed by atoms with Gasteiger partial charge in [0.25, 0.3) is 0 Å². The van der Waals surface area contributed by atoms with E-state index in [1.54, 1.807) is 0 Å². The van der Waals surface area contributed by atoms with E-state index in [-0.39, 0.29) is 5.97 Å². The Hall–Kier alpha value is -2.81. The minimum absolute atomic E-state index is 0.280. The predicted octanol–water partition coefficient (Wildman–Crippen LogP) is 4.94. The number of rotatable bonds is 4. The number of hydrogen-bond donors (Lipinski definition) is 0. The Bertz CT molecular complexity index is 846. The minimum atomic E-state index is -0.280. The van der Waals surface area contributed by atoms with Crippen molar-refractivity contribution in [3.8, 4) is 16.9 Å². The summed E-state index contributed by atoms with van der Waals surface area (Å²) in [6.45, 7) is 6.21. The normalized spacial score (nSPS) is 10.6. The molecule has 0 aliphatic heterocycles. The van der Waals surface area contributed by atoms with E-state index in [1.807, 2.05) is 50.2 Å². The number of esters is 1. The largest absolute Gasteiger partial charge is 0.462 e. The third kappa shape index (κ3) is 2.98. The first kappa shape index (κ1) is 16.1. The van der Waals surface area contributed by atoms with Crippen molar-refractivity contribution >= 4 is 5.97 Å². The van der Waals surface area contributed by atoms with Gasteiger partial charge in [-0.05, 0) is 44.5 Å². The molecule has 0 atom stereocenters. The second kappa shape index (κ2) is 6.75. The molecule has 24 heavy (non-hydrogen) atoms. The molecule has 3 heteroatoms. The summed E-state index contributed by atoms with van der Waals surface area (Å²) in [5, 5.41) is 0. The van der Waals surface area contributed by atoms with Crippen LogP contribution in [0.3, 0.4) is 0 Å². The van der Waals surface area contributed by atoms with Crippen LogP contribution in [0.4, 0.5) is 0 Å². The molecule has 0 N–H and O–H groups in total. The first-order valence-corrected chi connectivity index (χ1v) is 8.13. The molecule has 0 saturated heterocycles. The molecular weight excluding hydrogens is 298 g/mol. The zero-order chi connectivity index (χ0) is 17.1. The quantitative estimate of drug-likeness (QED) is 0.638. The Balaban J connectivity index is 2.21. The Morgan fingerprint density at radius 2 is 1.67 bits per heavy atom. The molecule has 0 unspecified atom stereocenters. The highest BCUT2D eigenvalue weighted by molar-refractivity contribution is 5.93. The van der Waals surface area contributed by atoms with Crippen LogP contribution in [0.2, 0.25) is 0 Å². The summed E-state index contributed by atoms with van der Waals surface area (Å²) in [5.74, 6) is -0.280. The fourth-order valence-electron chi connectivity index (χ4n) is 2.87. The van der Waals surface area contributed by atoms with Crippen molar-refractivity contribution in [2.45, 2.75) is 20.8 Å². The van der Waals surface area contributed by atoms with E-state index in [0.717, 1.165) is 22.6 Å². The molecule has 1 aromatic heterocycles. The zero-order valence-corrected chi connectivity index (χ0v) is 14.2. The van der Waals surface area contributed by atoms with E-state index in [1.165, 1.54) is 5.56 Å². The van der Waals surface area contributed by atoms with Crippen LogP contribution in [-0.2, 0) is 4.74 Å². The van der Waals surface area contributed by atoms with Crippen molar-refractivity contribution in [1.82, 2.24) is 4.57 Å². The third-order valence-electron chi connectivity index (χ3n) is 4.10. The van der Waals surface area contributed by atoms with Crippen LogP contribution in [0, 0.1) is 13.8 Å². The summed E-state index contributed by atoms with van der Waals surface area (Å²) < 4.78 is 7.32. The minimum Gasteiger partial charge on any atom is -0.462 e. The van der Waals surface area contributed by atoms with Crippen molar-refractivity contribution in [2.24, 2.45) is 0 Å². The van der Waals surface area contributed by atoms with E-state index in [2.05, 4.69) is 35.8 Å². The summed E-state index contributed by atoms with van der Waals surface area (Å²) >= 11 is 0. The molecule has 0 saturated carbocycles. The van der Waals surface area contributed by atoms with Gasteiger partial charge in [0.15, 0.2) is 0 Å². The number of carbonyl (C=O) groups excluding carboxylic acids is 1. The van der Waals surface area contributed by atoms with E-state index < -0.39 is 0 Å². The van der Waals surface area contributed by atoms with E-state index >= 15 is 0 Å². The fourth-order valence-corrected chi connectivity index (χ4v) is 2.87. The van der Waals surface area contributed by atoms with Crippen LogP contribution in [0.15, 0.2) is 60.7 Å². The molecule has 122 valence electrons. The van der Waals surface area contributed by atoms with Crippen molar-refractivity contribution in [2.75, 3.05) is 6.61 Å². The highest BCUT2D eigenvalue weighted by Gasteiger charge is 2.20. The number of benzene rings is 2. The number of para-hydroxylation sites is 1. The Kier molecular flexibility index (Phi) is 4.52. The monoisotopic (exact) mass is 319 g/mol. The molecule has 0 aliphatic rings. The predicted molar refractivity (Wildman–Crippen MR) is 96.6 cm³/mol. The maximum absolute atomic E-state index is 12.3. The van der Waals surface area contributed by atoms with Gasteiger partial charge in [0.1, 0.15) is 0 Å². The van der Waals surface area contributed by atoms with E-state index in [4.69, 9.17) is 4.74 Å². The van der Waals surface area contributed by atoms with Gasteiger partial charge >= 0.3 is 5.97 Å². The third-order valence-corrected chi connectivity index (χ3v) is 4.10. The molecule has 1 heterocycles. The molecule has 3 rings (SSSR count). The second-order valence-electron chi connectivity index (χ2n) is 5.79. The first-order chi connectivity index (χ1) is 11.6. The van der Waals surface area contributed by atoms with Crippen LogP contribution in [-0.4, -0.2) is 17.1 Å². The van der Waals surface area contributed by atoms with Gasteiger partial charge in [-0.2, -0.15) is 0 Å². The van der Waals surface area contributed by atoms with Crippen LogP contribution in [0.1, 0.15) is 28.5 Å². The summed E-state index contributed by atoms with van der Waals surface area (Å²) in [4.78, 5) is 12.3. The van der Waals surface area contributed by atoms with Gasteiger partial charge in [-0.15, -0.1) is 0 Å². The maximum Gasteiger partial charge on any atom is 0.339 e. The number of ether oxygens (including phenoxy) is 1. The Morgan fingerprint density at radius 1 is 1.00 bits per heavy atom. The van der Waals surface area contributed by atoms with Crippen LogP contribution < -0.4 is 0 Å². The molecular formula is C21H21NO2. The number of aryl methyl sites for hydroxylation is 1. The summed E-state index contributed by atoms with van der Waals surface area (Å²) in [6, 6.07) is 20.3. The molecule has 0 radical (unpaired) electrons. The van der Waals surface area contributed by atoms with Crippen LogP contribution >= 0.6 is 0 Å². The average Bonchev–Trinajstić information content (AvgIpc) is 2.94. The fraction of sp³-hybridized carbons (Fsp3) is 0.190. The molecule has 0 amide bonds. The van der Waals surface area contributed by atoms with E-state index in [9.17, 15) is 4.79 Å². The lowest BCUT2D eigenvalue weighted by atomic mass is 10.1. The van der Waals surface area contributed by atoms with Gasteiger partial charge in [0, 0.05) is 11.4 Å². The number of carbonyl (C=O) groups is 1. The van der Waals surface area contributed by atoms with Gasteiger partial charge in [0.2, 0.25) is 0 Å². The summed E-state index contributed by atoms with van der Waals surface area (Å²) in [5.41, 5.74) is 5.79. The second-order valence-corrected chi connectivity index (χ2v) is 5.79. The average molecular weight is 319 g/mol. The highest BCUT2D eigenvalue weighted by atomic mass is 16.5. The number of hydrogen-bond acceptors (Lipinski definition) is 2. The van der Waals surface area contributed by atoms with Gasteiger partial charge < -0.3 is 9.30 Å². The van der Waals surface area contributed by atoms with Crippen molar-refractivity contribution in [3.05, 3.63) is 77.5 Å². The molecule has 0 spiro atoms. The van der Waals surface area contributed by atoms with Crippen LogP contribution in [0.5, 0.6) is 0 Å². The topological polar surface area (TPSA) is 31.2 Å². The maximum atomic E-state index is 12.3. The van der Waals surface area contributed by atoms with Gasteiger partial charge in [-0.1, -0.05) is 48.0 Å². The molecule has 0 fully saturated rings. The van der Waals surface area contributed by atoms with Crippen LogP contribution in [0.25, 0.3) is 16.9 Å². The molecule has 0 bridgehead atoms. The SMILES string of the molecule is CCOC(=O)c1cc(-c2ccc(C)cc2)n(-c2ccccc2)c1C. The number of nitrogens with zero attached hydrogens (tertiary/aromatic N) is 1. The van der Waals surface area contributed by atoms with Gasteiger partial charge in [0.05, 0.1) is 17.9 Å². The van der Waals surface area contributed by atoms with Crippen molar-refractivity contribution in [1.29, 1.82) is 0 Å². The molecule has 3 aromatic rings. The summed E-state index contributed by atoms with van der Waals surface area (Å²) in [6.07, 6.45) is 0.